The summed E-state index contributed by atoms with van der Waals surface area (Å²) in [5, 5.41) is 2.31. The van der Waals surface area contributed by atoms with Crippen LogP contribution in [0.1, 0.15) is 12.0 Å². The number of nitrogens with two attached hydrogens (primary N) is 1. The molecule has 0 aliphatic heterocycles. The van der Waals surface area contributed by atoms with Crippen molar-refractivity contribution in [1.82, 2.24) is 9.55 Å². The van der Waals surface area contributed by atoms with Gasteiger partial charge in [0.25, 0.3) is 0 Å². The van der Waals surface area contributed by atoms with Gasteiger partial charge in [0.2, 0.25) is 0 Å². The lowest BCUT2D eigenvalue weighted by Crippen LogP contribution is -2.82. The zero-order chi connectivity index (χ0) is 14.0. The van der Waals surface area contributed by atoms with E-state index in [-0.39, 0.29) is 0 Å². The number of para-hydroxylation sites is 1. The Morgan fingerprint density at radius 3 is 3.05 bits per heavy atom. The van der Waals surface area contributed by atoms with Crippen LogP contribution >= 0.6 is 0 Å². The fraction of sp³-hybridized carbons (Fsp3) is 0.312. The lowest BCUT2D eigenvalue weighted by molar-refractivity contribution is -0.671. The molecule has 4 nitrogen and oxygen atoms in total. The highest BCUT2D eigenvalue weighted by atomic mass is 16.5. The van der Waals surface area contributed by atoms with Crippen molar-refractivity contribution in [3.8, 4) is 5.75 Å². The van der Waals surface area contributed by atoms with E-state index >= 15 is 0 Å². The summed E-state index contributed by atoms with van der Waals surface area (Å²) in [6.07, 6.45) is 8.57. The first-order chi connectivity index (χ1) is 9.90. The van der Waals surface area contributed by atoms with Crippen LogP contribution in [0.4, 0.5) is 0 Å². The first-order valence-corrected chi connectivity index (χ1v) is 6.99. The van der Waals surface area contributed by atoms with Crippen molar-refractivity contribution < 1.29 is 10.1 Å². The van der Waals surface area contributed by atoms with Crippen LogP contribution in [0.25, 0.3) is 0 Å². The number of ether oxygens (including phenoxy) is 1. The molecule has 0 aliphatic carbocycles. The topological polar surface area (TPSA) is 43.7 Å². The maximum Gasteiger partial charge on any atom is 0.128 e. The van der Waals surface area contributed by atoms with Crippen LogP contribution < -0.4 is 10.1 Å². The Morgan fingerprint density at radius 2 is 2.25 bits per heavy atom. The zero-order valence-electron chi connectivity index (χ0n) is 11.7. The number of aromatic nitrogens is 2. The third kappa shape index (κ3) is 4.55. The van der Waals surface area contributed by atoms with Crippen molar-refractivity contribution in [2.75, 3.05) is 13.2 Å². The largest absolute Gasteiger partial charge is 0.489 e. The van der Waals surface area contributed by atoms with Crippen LogP contribution in [0.15, 0.2) is 55.6 Å². The molecule has 1 heterocycles. The molecule has 0 atom stereocenters. The van der Waals surface area contributed by atoms with Gasteiger partial charge in [-0.1, -0.05) is 24.8 Å². The molecule has 4 heteroatoms. The molecule has 0 aliphatic rings. The summed E-state index contributed by atoms with van der Waals surface area (Å²) in [6.45, 7) is 7.28. The van der Waals surface area contributed by atoms with Crippen molar-refractivity contribution in [1.29, 1.82) is 0 Å². The summed E-state index contributed by atoms with van der Waals surface area (Å²) in [6, 6.07) is 8.18. The predicted molar refractivity (Wildman–Crippen MR) is 79.5 cm³/mol. The van der Waals surface area contributed by atoms with Gasteiger partial charge >= 0.3 is 0 Å². The molecule has 106 valence electrons. The summed E-state index contributed by atoms with van der Waals surface area (Å²) in [5.74, 6) is 0.957. The SMILES string of the molecule is C=CCOc1ccccc1C[NH2+]CCCn1ccnc1. The van der Waals surface area contributed by atoms with Gasteiger partial charge in [-0.2, -0.15) is 0 Å². The number of nitrogens with zero attached hydrogens (tertiary/aromatic N) is 2. The Bertz CT molecular complexity index is 508. The molecule has 0 fully saturated rings. The van der Waals surface area contributed by atoms with Gasteiger partial charge in [0.1, 0.15) is 18.9 Å². The molecule has 0 amide bonds. The van der Waals surface area contributed by atoms with Gasteiger partial charge in [0, 0.05) is 30.9 Å². The van der Waals surface area contributed by atoms with Crippen LogP contribution in [-0.2, 0) is 13.1 Å². The van der Waals surface area contributed by atoms with E-state index in [0.29, 0.717) is 6.61 Å². The van der Waals surface area contributed by atoms with Crippen LogP contribution in [0.2, 0.25) is 0 Å². The molecule has 0 radical (unpaired) electrons. The number of hydrogen-bond donors (Lipinski definition) is 1. The van der Waals surface area contributed by atoms with Gasteiger partial charge < -0.3 is 14.6 Å². The van der Waals surface area contributed by atoms with Crippen LogP contribution in [0.3, 0.4) is 0 Å². The van der Waals surface area contributed by atoms with E-state index in [1.807, 2.05) is 30.9 Å². The number of quaternary nitrogens is 1. The van der Waals surface area contributed by atoms with Crippen molar-refractivity contribution in [3.63, 3.8) is 0 Å². The van der Waals surface area contributed by atoms with Gasteiger partial charge in [-0.15, -0.1) is 0 Å². The Hall–Kier alpha value is -2.07. The molecule has 1 aromatic carbocycles. The van der Waals surface area contributed by atoms with E-state index in [2.05, 4.69) is 33.6 Å². The average Bonchev–Trinajstić information content (AvgIpc) is 2.99. The third-order valence-electron chi connectivity index (χ3n) is 3.08. The molecular weight excluding hydrogens is 250 g/mol. The fourth-order valence-electron chi connectivity index (χ4n) is 2.06. The molecule has 0 bridgehead atoms. The molecule has 0 unspecified atom stereocenters. The Kier molecular flexibility index (Phi) is 5.86. The first-order valence-electron chi connectivity index (χ1n) is 6.99. The highest BCUT2D eigenvalue weighted by Gasteiger charge is 2.03. The van der Waals surface area contributed by atoms with E-state index in [4.69, 9.17) is 4.74 Å². The van der Waals surface area contributed by atoms with Crippen molar-refractivity contribution in [2.45, 2.75) is 19.5 Å². The standard InChI is InChI=1S/C16H21N3O/c1-2-12-20-16-7-4-3-6-15(16)13-17-8-5-10-19-11-9-18-14-19/h2-4,6-7,9,11,14,17H,1,5,8,10,12-13H2/p+1. The van der Waals surface area contributed by atoms with E-state index in [0.717, 1.165) is 31.8 Å². The molecule has 0 spiro atoms. The Balaban J connectivity index is 1.71. The van der Waals surface area contributed by atoms with Crippen LogP contribution in [-0.4, -0.2) is 22.7 Å². The normalized spacial score (nSPS) is 10.4. The quantitative estimate of drug-likeness (QED) is 0.556. The molecule has 1 aromatic heterocycles. The van der Waals surface area contributed by atoms with Gasteiger partial charge in [-0.3, -0.25) is 0 Å². The minimum atomic E-state index is 0.553. The number of hydrogen-bond acceptors (Lipinski definition) is 2. The summed E-state index contributed by atoms with van der Waals surface area (Å²) < 4.78 is 7.76. The third-order valence-corrected chi connectivity index (χ3v) is 3.08. The van der Waals surface area contributed by atoms with E-state index in [1.54, 1.807) is 6.08 Å². The maximum atomic E-state index is 5.65. The first kappa shape index (κ1) is 14.3. The van der Waals surface area contributed by atoms with Crippen molar-refractivity contribution in [3.05, 3.63) is 61.2 Å². The van der Waals surface area contributed by atoms with E-state index in [9.17, 15) is 0 Å². The zero-order valence-corrected chi connectivity index (χ0v) is 11.7. The molecule has 20 heavy (non-hydrogen) atoms. The highest BCUT2D eigenvalue weighted by molar-refractivity contribution is 5.32. The fourth-order valence-corrected chi connectivity index (χ4v) is 2.06. The van der Waals surface area contributed by atoms with Gasteiger partial charge in [0.15, 0.2) is 0 Å². The summed E-state index contributed by atoms with van der Waals surface area (Å²) in [4.78, 5) is 4.04. The second-order valence-electron chi connectivity index (χ2n) is 4.64. The summed E-state index contributed by atoms with van der Waals surface area (Å²) in [7, 11) is 0. The van der Waals surface area contributed by atoms with Gasteiger partial charge in [-0.05, 0) is 12.1 Å². The molecular formula is C16H22N3O+. The van der Waals surface area contributed by atoms with Crippen LogP contribution in [0, 0.1) is 0 Å². The smallest absolute Gasteiger partial charge is 0.128 e. The molecule has 0 saturated carbocycles. The predicted octanol–water partition coefficient (Wildman–Crippen LogP) is 1.60. The molecule has 2 N–H and O–H groups in total. The van der Waals surface area contributed by atoms with Gasteiger partial charge in [0.05, 0.1) is 12.9 Å². The maximum absolute atomic E-state index is 5.65. The van der Waals surface area contributed by atoms with E-state index in [1.165, 1.54) is 5.56 Å². The summed E-state index contributed by atoms with van der Waals surface area (Å²) >= 11 is 0. The monoisotopic (exact) mass is 272 g/mol. The second-order valence-corrected chi connectivity index (χ2v) is 4.64. The minimum Gasteiger partial charge on any atom is -0.489 e. The minimum absolute atomic E-state index is 0.553. The molecule has 2 rings (SSSR count). The lowest BCUT2D eigenvalue weighted by Gasteiger charge is -2.09. The van der Waals surface area contributed by atoms with Crippen LogP contribution in [0.5, 0.6) is 5.75 Å². The average molecular weight is 272 g/mol. The van der Waals surface area contributed by atoms with Crippen molar-refractivity contribution in [2.24, 2.45) is 0 Å². The van der Waals surface area contributed by atoms with E-state index < -0.39 is 0 Å². The second kappa shape index (κ2) is 8.17. The van der Waals surface area contributed by atoms with Gasteiger partial charge in [-0.25, -0.2) is 4.98 Å². The lowest BCUT2D eigenvalue weighted by atomic mass is 10.2. The van der Waals surface area contributed by atoms with Crippen molar-refractivity contribution >= 4 is 0 Å². The highest BCUT2D eigenvalue weighted by Crippen LogP contribution is 2.16. The molecule has 2 aromatic rings. The summed E-state index contributed by atoms with van der Waals surface area (Å²) in [5.41, 5.74) is 1.23. The number of benzene rings is 1. The number of rotatable bonds is 9. The molecule has 0 saturated heterocycles. The number of imidazole rings is 1. The Morgan fingerprint density at radius 1 is 1.35 bits per heavy atom. The number of aryl methyl sites for hydroxylation is 1. The Labute approximate surface area is 120 Å².